The van der Waals surface area contributed by atoms with Crippen molar-refractivity contribution in [2.45, 2.75) is 19.4 Å². The van der Waals surface area contributed by atoms with Crippen LogP contribution < -0.4 is 10.5 Å². The maximum atomic E-state index is 6.38. The average molecular weight is 280 g/mol. The van der Waals surface area contributed by atoms with Crippen LogP contribution in [-0.2, 0) is 6.42 Å². The molecular weight excluding hydrogens is 266 g/mol. The van der Waals surface area contributed by atoms with Crippen LogP contribution in [0.15, 0.2) is 23.6 Å². The zero-order chi connectivity index (χ0) is 12.7. The highest BCUT2D eigenvalue weighted by Gasteiger charge is 2.23. The fourth-order valence-corrected chi connectivity index (χ4v) is 3.57. The minimum Gasteiger partial charge on any atom is -0.493 e. The first-order chi connectivity index (χ1) is 8.66. The van der Waals surface area contributed by atoms with E-state index in [1.54, 1.807) is 11.3 Å². The minimum absolute atomic E-state index is 0.157. The van der Waals surface area contributed by atoms with Crippen molar-refractivity contribution in [3.63, 3.8) is 0 Å². The van der Waals surface area contributed by atoms with Crippen molar-refractivity contribution in [3.8, 4) is 5.75 Å². The zero-order valence-electron chi connectivity index (χ0n) is 10.1. The highest BCUT2D eigenvalue weighted by atomic mass is 35.5. The Morgan fingerprint density at radius 3 is 3.00 bits per heavy atom. The van der Waals surface area contributed by atoms with Crippen molar-refractivity contribution in [1.29, 1.82) is 0 Å². The van der Waals surface area contributed by atoms with E-state index in [-0.39, 0.29) is 6.04 Å². The van der Waals surface area contributed by atoms with Crippen molar-refractivity contribution < 1.29 is 4.74 Å². The molecule has 1 aromatic carbocycles. The molecular formula is C14H14ClNOS. The Morgan fingerprint density at radius 2 is 2.28 bits per heavy atom. The molecule has 0 saturated heterocycles. The van der Waals surface area contributed by atoms with Crippen LogP contribution in [0.3, 0.4) is 0 Å². The van der Waals surface area contributed by atoms with Gasteiger partial charge >= 0.3 is 0 Å². The molecule has 0 fully saturated rings. The quantitative estimate of drug-likeness (QED) is 0.910. The summed E-state index contributed by atoms with van der Waals surface area (Å²) in [6.45, 7) is 2.80. The number of hydrogen-bond donors (Lipinski definition) is 1. The van der Waals surface area contributed by atoms with E-state index < -0.39 is 0 Å². The maximum absolute atomic E-state index is 6.38. The Morgan fingerprint density at radius 1 is 1.44 bits per heavy atom. The number of rotatable bonds is 2. The average Bonchev–Trinajstić information content (AvgIpc) is 2.95. The Bertz CT molecular complexity index is 593. The lowest BCUT2D eigenvalue weighted by atomic mass is 10.00. The van der Waals surface area contributed by atoms with Crippen LogP contribution in [0.25, 0.3) is 0 Å². The Hall–Kier alpha value is -1.03. The molecule has 1 aliphatic rings. The second-order valence-corrected chi connectivity index (χ2v) is 5.91. The molecule has 0 amide bonds. The number of ether oxygens (including phenoxy) is 1. The molecule has 1 unspecified atom stereocenters. The van der Waals surface area contributed by atoms with Gasteiger partial charge in [-0.1, -0.05) is 11.6 Å². The molecule has 2 heterocycles. The summed E-state index contributed by atoms with van der Waals surface area (Å²) < 4.78 is 5.71. The normalized spacial score (nSPS) is 15.3. The van der Waals surface area contributed by atoms with Crippen LogP contribution in [0.5, 0.6) is 5.75 Å². The first-order valence-corrected chi connectivity index (χ1v) is 7.17. The van der Waals surface area contributed by atoms with Gasteiger partial charge in [0.15, 0.2) is 0 Å². The molecule has 1 aromatic heterocycles. The molecule has 94 valence electrons. The summed E-state index contributed by atoms with van der Waals surface area (Å²) in [6, 6.07) is 5.83. The second-order valence-electron chi connectivity index (χ2n) is 4.53. The van der Waals surface area contributed by atoms with Gasteiger partial charge in [0.1, 0.15) is 5.75 Å². The Kier molecular flexibility index (Phi) is 3.06. The van der Waals surface area contributed by atoms with Gasteiger partial charge in [0, 0.05) is 21.9 Å². The van der Waals surface area contributed by atoms with Gasteiger partial charge in [-0.15, -0.1) is 11.3 Å². The summed E-state index contributed by atoms with van der Waals surface area (Å²) in [6.07, 6.45) is 0.916. The smallest absolute Gasteiger partial charge is 0.127 e. The third kappa shape index (κ3) is 1.92. The van der Waals surface area contributed by atoms with Crippen LogP contribution in [-0.4, -0.2) is 6.61 Å². The first kappa shape index (κ1) is 12.0. The summed E-state index contributed by atoms with van der Waals surface area (Å²) in [7, 11) is 0. The molecule has 0 radical (unpaired) electrons. The molecule has 18 heavy (non-hydrogen) atoms. The number of thiophene rings is 1. The second kappa shape index (κ2) is 4.57. The predicted octanol–water partition coefficient (Wildman–Crippen LogP) is 3.69. The van der Waals surface area contributed by atoms with Crippen molar-refractivity contribution in [2.24, 2.45) is 5.73 Å². The lowest BCUT2D eigenvalue weighted by Crippen LogP contribution is -2.12. The molecule has 1 aliphatic heterocycles. The summed E-state index contributed by atoms with van der Waals surface area (Å²) >= 11 is 7.85. The van der Waals surface area contributed by atoms with Gasteiger partial charge in [0.05, 0.1) is 12.6 Å². The number of nitrogens with two attached hydrogens (primary N) is 1. The summed E-state index contributed by atoms with van der Waals surface area (Å²) in [5.74, 6) is 0.930. The first-order valence-electron chi connectivity index (χ1n) is 5.91. The van der Waals surface area contributed by atoms with Crippen molar-refractivity contribution in [3.05, 3.63) is 50.2 Å². The minimum atomic E-state index is -0.157. The zero-order valence-corrected chi connectivity index (χ0v) is 11.6. The topological polar surface area (TPSA) is 35.2 Å². The van der Waals surface area contributed by atoms with Crippen molar-refractivity contribution in [1.82, 2.24) is 0 Å². The van der Waals surface area contributed by atoms with E-state index in [1.165, 1.54) is 16.0 Å². The van der Waals surface area contributed by atoms with E-state index in [2.05, 4.69) is 18.4 Å². The van der Waals surface area contributed by atoms with Crippen LogP contribution in [0.4, 0.5) is 0 Å². The number of benzene rings is 1. The summed E-state index contributed by atoms with van der Waals surface area (Å²) in [5.41, 5.74) is 9.77. The van der Waals surface area contributed by atoms with Gasteiger partial charge in [0.25, 0.3) is 0 Å². The monoisotopic (exact) mass is 279 g/mol. The van der Waals surface area contributed by atoms with Gasteiger partial charge < -0.3 is 10.5 Å². The van der Waals surface area contributed by atoms with Crippen molar-refractivity contribution >= 4 is 22.9 Å². The molecule has 2 nitrogen and oxygen atoms in total. The molecule has 3 rings (SSSR count). The highest BCUT2D eigenvalue weighted by Crippen LogP contribution is 2.39. The summed E-state index contributed by atoms with van der Waals surface area (Å²) in [4.78, 5) is 1.18. The van der Waals surface area contributed by atoms with Crippen molar-refractivity contribution in [2.75, 3.05) is 6.61 Å². The molecule has 0 bridgehead atoms. The van der Waals surface area contributed by atoms with E-state index in [0.717, 1.165) is 29.4 Å². The number of aryl methyl sites for hydroxylation is 1. The van der Waals surface area contributed by atoms with E-state index in [4.69, 9.17) is 22.1 Å². The molecule has 0 saturated carbocycles. The summed E-state index contributed by atoms with van der Waals surface area (Å²) in [5, 5.41) is 2.80. The maximum Gasteiger partial charge on any atom is 0.127 e. The lowest BCUT2D eigenvalue weighted by Gasteiger charge is -2.16. The molecule has 0 spiro atoms. The standard InChI is InChI=1S/C14H14ClNOS/c1-8-3-5-18-14(8)12(16)11-7-10(15)6-9-2-4-17-13(9)11/h3,5-7,12H,2,4,16H2,1H3. The van der Waals surface area contributed by atoms with E-state index in [9.17, 15) is 0 Å². The number of hydrogen-bond acceptors (Lipinski definition) is 3. The van der Waals surface area contributed by atoms with Crippen LogP contribution >= 0.6 is 22.9 Å². The SMILES string of the molecule is Cc1ccsc1C(N)c1cc(Cl)cc2c1OCC2. The van der Waals surface area contributed by atoms with Crippen LogP contribution in [0, 0.1) is 6.92 Å². The van der Waals surface area contributed by atoms with E-state index in [1.807, 2.05) is 12.1 Å². The Labute approximate surface area is 115 Å². The number of halogens is 1. The van der Waals surface area contributed by atoms with Gasteiger partial charge in [-0.3, -0.25) is 0 Å². The molecule has 0 aliphatic carbocycles. The molecule has 1 atom stereocenters. The third-order valence-corrected chi connectivity index (χ3v) is 4.62. The van der Waals surface area contributed by atoms with Crippen LogP contribution in [0.2, 0.25) is 5.02 Å². The number of fused-ring (bicyclic) bond motifs is 1. The van der Waals surface area contributed by atoms with E-state index in [0.29, 0.717) is 0 Å². The van der Waals surface area contributed by atoms with E-state index >= 15 is 0 Å². The van der Waals surface area contributed by atoms with Gasteiger partial charge in [-0.2, -0.15) is 0 Å². The molecule has 4 heteroatoms. The highest BCUT2D eigenvalue weighted by molar-refractivity contribution is 7.10. The van der Waals surface area contributed by atoms with Gasteiger partial charge in [0.2, 0.25) is 0 Å². The third-order valence-electron chi connectivity index (χ3n) is 3.30. The fourth-order valence-electron chi connectivity index (χ4n) is 2.37. The molecule has 2 aromatic rings. The Balaban J connectivity index is 2.10. The van der Waals surface area contributed by atoms with Gasteiger partial charge in [-0.25, -0.2) is 0 Å². The largest absolute Gasteiger partial charge is 0.493 e. The molecule has 2 N–H and O–H groups in total. The fraction of sp³-hybridized carbons (Fsp3) is 0.286. The predicted molar refractivity (Wildman–Crippen MR) is 75.7 cm³/mol. The van der Waals surface area contributed by atoms with Gasteiger partial charge in [-0.05, 0) is 41.6 Å². The lowest BCUT2D eigenvalue weighted by molar-refractivity contribution is 0.352. The van der Waals surface area contributed by atoms with Crippen LogP contribution in [0.1, 0.15) is 27.6 Å².